The summed E-state index contributed by atoms with van der Waals surface area (Å²) >= 11 is 3.44. The van der Waals surface area contributed by atoms with E-state index in [-0.39, 0.29) is 5.91 Å². The minimum atomic E-state index is -0.0928. The Balaban J connectivity index is 1.86. The lowest BCUT2D eigenvalue weighted by molar-refractivity contribution is 0.0778. The van der Waals surface area contributed by atoms with Gasteiger partial charge in [0.25, 0.3) is 5.91 Å². The zero-order valence-corrected chi connectivity index (χ0v) is 13.4. The van der Waals surface area contributed by atoms with Crippen LogP contribution in [-0.2, 0) is 13.6 Å². The van der Waals surface area contributed by atoms with Crippen LogP contribution in [0, 0.1) is 0 Å². The second kappa shape index (κ2) is 5.37. The maximum Gasteiger partial charge on any atom is 0.275 e. The van der Waals surface area contributed by atoms with Crippen molar-refractivity contribution in [3.05, 3.63) is 52.4 Å². The molecule has 2 aromatic heterocycles. The largest absolute Gasteiger partial charge is 0.352 e. The minimum absolute atomic E-state index is 0.0928. The average Bonchev–Trinajstić information content (AvgIpc) is 3.01. The first-order valence-electron chi connectivity index (χ1n) is 6.55. The van der Waals surface area contributed by atoms with E-state index in [0.29, 0.717) is 12.2 Å². The van der Waals surface area contributed by atoms with Gasteiger partial charge in [0.15, 0.2) is 5.69 Å². The number of halogens is 1. The second-order valence-corrected chi connectivity index (χ2v) is 5.96. The molecule has 0 fully saturated rings. The molecule has 21 heavy (non-hydrogen) atoms. The number of aryl methyl sites for hydroxylation is 1. The van der Waals surface area contributed by atoms with Crippen molar-refractivity contribution in [3.63, 3.8) is 0 Å². The van der Waals surface area contributed by atoms with Crippen LogP contribution in [0.3, 0.4) is 0 Å². The number of hydrogen-bond donors (Lipinski definition) is 1. The van der Waals surface area contributed by atoms with Gasteiger partial charge in [0.2, 0.25) is 0 Å². The zero-order chi connectivity index (χ0) is 15.0. The summed E-state index contributed by atoms with van der Waals surface area (Å²) in [6, 6.07) is 9.64. The molecule has 0 radical (unpaired) electrons. The van der Waals surface area contributed by atoms with Crippen molar-refractivity contribution in [1.82, 2.24) is 19.7 Å². The first-order chi connectivity index (χ1) is 10.1. The van der Waals surface area contributed by atoms with Crippen molar-refractivity contribution in [3.8, 4) is 0 Å². The highest BCUT2D eigenvalue weighted by molar-refractivity contribution is 9.10. The van der Waals surface area contributed by atoms with Gasteiger partial charge in [0.05, 0.1) is 12.1 Å². The molecule has 1 amide bonds. The lowest BCUT2D eigenvalue weighted by atomic mass is 10.2. The predicted octanol–water partition coefficient (Wildman–Crippen LogP) is 2.94. The number of fused-ring (bicyclic) bond motifs is 1. The Hall–Kier alpha value is -2.08. The highest BCUT2D eigenvalue weighted by Crippen LogP contribution is 2.19. The molecule has 5 nitrogen and oxygen atoms in total. The molecule has 0 aliphatic rings. The van der Waals surface area contributed by atoms with E-state index in [1.165, 1.54) is 0 Å². The van der Waals surface area contributed by atoms with E-state index >= 15 is 0 Å². The van der Waals surface area contributed by atoms with Gasteiger partial charge >= 0.3 is 0 Å². The van der Waals surface area contributed by atoms with Gasteiger partial charge in [-0.3, -0.25) is 9.89 Å². The molecule has 3 rings (SSSR count). The second-order valence-electron chi connectivity index (χ2n) is 5.04. The molecule has 0 bridgehead atoms. The number of rotatable bonds is 3. The lowest BCUT2D eigenvalue weighted by Crippen LogP contribution is -2.27. The van der Waals surface area contributed by atoms with Crippen molar-refractivity contribution < 1.29 is 4.79 Å². The highest BCUT2D eigenvalue weighted by Gasteiger charge is 2.19. The Morgan fingerprint density at radius 3 is 2.90 bits per heavy atom. The molecule has 3 aromatic rings. The third-order valence-corrected chi connectivity index (χ3v) is 3.93. The van der Waals surface area contributed by atoms with Crippen molar-refractivity contribution in [2.45, 2.75) is 6.54 Å². The SMILES string of the molecule is CN(Cc1cc(Br)cn1C)C(=O)c1n[nH]c2ccccc12. The van der Waals surface area contributed by atoms with Gasteiger partial charge in [-0.25, -0.2) is 0 Å². The molecule has 6 heteroatoms. The third-order valence-electron chi connectivity index (χ3n) is 3.49. The summed E-state index contributed by atoms with van der Waals surface area (Å²) in [5, 5.41) is 7.90. The van der Waals surface area contributed by atoms with Crippen molar-refractivity contribution in [2.24, 2.45) is 7.05 Å². The van der Waals surface area contributed by atoms with Crippen LogP contribution >= 0.6 is 15.9 Å². The molecular weight excluding hydrogens is 332 g/mol. The Morgan fingerprint density at radius 2 is 2.19 bits per heavy atom. The summed E-state index contributed by atoms with van der Waals surface area (Å²) in [5.74, 6) is -0.0928. The lowest BCUT2D eigenvalue weighted by Gasteiger charge is -2.16. The number of para-hydroxylation sites is 1. The van der Waals surface area contributed by atoms with E-state index in [1.54, 1.807) is 11.9 Å². The topological polar surface area (TPSA) is 53.9 Å². The maximum absolute atomic E-state index is 12.6. The van der Waals surface area contributed by atoms with Gasteiger partial charge < -0.3 is 9.47 Å². The van der Waals surface area contributed by atoms with Crippen LogP contribution in [0.5, 0.6) is 0 Å². The number of benzene rings is 1. The Labute approximate surface area is 130 Å². The Morgan fingerprint density at radius 1 is 1.43 bits per heavy atom. The summed E-state index contributed by atoms with van der Waals surface area (Å²) in [7, 11) is 3.75. The number of nitrogens with zero attached hydrogens (tertiary/aromatic N) is 3. The molecule has 1 aromatic carbocycles. The third kappa shape index (κ3) is 2.58. The van der Waals surface area contributed by atoms with Gasteiger partial charge in [0.1, 0.15) is 0 Å². The summed E-state index contributed by atoms with van der Waals surface area (Å²) in [4.78, 5) is 14.2. The van der Waals surface area contributed by atoms with Crippen molar-refractivity contribution >= 4 is 32.7 Å². The fraction of sp³-hybridized carbons (Fsp3) is 0.200. The number of H-pyrrole nitrogens is 1. The first kappa shape index (κ1) is 13.9. The number of aromatic amines is 1. The molecule has 0 atom stereocenters. The number of carbonyl (C=O) groups is 1. The Kier molecular flexibility index (Phi) is 3.55. The quantitative estimate of drug-likeness (QED) is 0.792. The van der Waals surface area contributed by atoms with E-state index in [2.05, 4.69) is 26.1 Å². The van der Waals surface area contributed by atoms with E-state index in [9.17, 15) is 4.79 Å². The Bertz CT molecular complexity index is 805. The molecule has 0 unspecified atom stereocenters. The van der Waals surface area contributed by atoms with Crippen LogP contribution in [0.2, 0.25) is 0 Å². The highest BCUT2D eigenvalue weighted by atomic mass is 79.9. The monoisotopic (exact) mass is 346 g/mol. The van der Waals surface area contributed by atoms with Crippen LogP contribution in [-0.4, -0.2) is 32.6 Å². The number of hydrogen-bond acceptors (Lipinski definition) is 2. The summed E-state index contributed by atoms with van der Waals surface area (Å²) in [6.07, 6.45) is 1.97. The standard InChI is InChI=1S/C15H15BrN4O/c1-19-8-10(16)7-11(19)9-20(2)15(21)14-12-5-3-4-6-13(12)17-18-14/h3-8H,9H2,1-2H3,(H,17,18). The number of aromatic nitrogens is 3. The molecular formula is C15H15BrN4O. The van der Waals surface area contributed by atoms with Crippen LogP contribution in [0.4, 0.5) is 0 Å². The fourth-order valence-corrected chi connectivity index (χ4v) is 2.92. The van der Waals surface area contributed by atoms with Gasteiger partial charge in [0, 0.05) is 35.8 Å². The molecule has 0 saturated carbocycles. The number of nitrogens with one attached hydrogen (secondary N) is 1. The summed E-state index contributed by atoms with van der Waals surface area (Å²) in [5.41, 5.74) is 2.38. The van der Waals surface area contributed by atoms with E-state index in [0.717, 1.165) is 21.1 Å². The average molecular weight is 347 g/mol. The van der Waals surface area contributed by atoms with E-state index < -0.39 is 0 Å². The van der Waals surface area contributed by atoms with Gasteiger partial charge in [-0.1, -0.05) is 18.2 Å². The summed E-state index contributed by atoms with van der Waals surface area (Å²) < 4.78 is 3.00. The number of amides is 1. The van der Waals surface area contributed by atoms with Crippen LogP contribution in [0.15, 0.2) is 41.0 Å². The molecule has 108 valence electrons. The van der Waals surface area contributed by atoms with Crippen LogP contribution in [0.1, 0.15) is 16.2 Å². The smallest absolute Gasteiger partial charge is 0.275 e. The maximum atomic E-state index is 12.6. The van der Waals surface area contributed by atoms with Crippen LogP contribution in [0.25, 0.3) is 10.9 Å². The van der Waals surface area contributed by atoms with E-state index in [4.69, 9.17) is 0 Å². The predicted molar refractivity (Wildman–Crippen MR) is 85.0 cm³/mol. The first-order valence-corrected chi connectivity index (χ1v) is 7.35. The van der Waals surface area contributed by atoms with Gasteiger partial charge in [-0.15, -0.1) is 0 Å². The molecule has 0 spiro atoms. The minimum Gasteiger partial charge on any atom is -0.352 e. The normalized spacial score (nSPS) is 11.0. The fourth-order valence-electron chi connectivity index (χ4n) is 2.35. The molecule has 1 N–H and O–H groups in total. The van der Waals surface area contributed by atoms with Crippen molar-refractivity contribution in [1.29, 1.82) is 0 Å². The molecule has 0 aliphatic heterocycles. The van der Waals surface area contributed by atoms with E-state index in [1.807, 2.05) is 48.1 Å². The molecule has 0 saturated heterocycles. The van der Waals surface area contributed by atoms with Gasteiger partial charge in [-0.2, -0.15) is 5.10 Å². The van der Waals surface area contributed by atoms with Crippen LogP contribution < -0.4 is 0 Å². The zero-order valence-electron chi connectivity index (χ0n) is 11.8. The summed E-state index contributed by atoms with van der Waals surface area (Å²) in [6.45, 7) is 0.530. The van der Waals surface area contributed by atoms with Gasteiger partial charge in [-0.05, 0) is 28.1 Å². The number of carbonyl (C=O) groups excluding carboxylic acids is 1. The molecule has 2 heterocycles. The van der Waals surface area contributed by atoms with Crippen molar-refractivity contribution in [2.75, 3.05) is 7.05 Å². The molecule has 0 aliphatic carbocycles.